The maximum atomic E-state index is 11.9. The molecule has 1 heterocycles. The van der Waals surface area contributed by atoms with Crippen LogP contribution in [0.25, 0.3) is 0 Å². The molecular weight excluding hydrogens is 230 g/mol. The van der Waals surface area contributed by atoms with E-state index in [1.54, 1.807) is 24.3 Å². The van der Waals surface area contributed by atoms with Gasteiger partial charge >= 0.3 is 0 Å². The van der Waals surface area contributed by atoms with Gasteiger partial charge in [0.15, 0.2) is 0 Å². The summed E-state index contributed by atoms with van der Waals surface area (Å²) in [6.07, 6.45) is 1.94. The van der Waals surface area contributed by atoms with Gasteiger partial charge in [-0.2, -0.15) is 0 Å². The summed E-state index contributed by atoms with van der Waals surface area (Å²) in [4.78, 5) is 22.9. The molecule has 96 valence electrons. The molecule has 0 aliphatic carbocycles. The van der Waals surface area contributed by atoms with Gasteiger partial charge in [-0.3, -0.25) is 9.59 Å². The Hall–Kier alpha value is -1.88. The van der Waals surface area contributed by atoms with E-state index in [0.717, 1.165) is 25.9 Å². The number of amides is 2. The molecule has 1 fully saturated rings. The molecule has 1 saturated heterocycles. The lowest BCUT2D eigenvalue weighted by atomic mass is 9.99. The lowest BCUT2D eigenvalue weighted by molar-refractivity contribution is -0.120. The van der Waals surface area contributed by atoms with Crippen molar-refractivity contribution in [3.63, 3.8) is 0 Å². The maximum Gasteiger partial charge on any atom is 0.248 e. The van der Waals surface area contributed by atoms with Crippen LogP contribution in [0.4, 0.5) is 5.69 Å². The predicted molar refractivity (Wildman–Crippen MR) is 69.2 cm³/mol. The molecule has 1 aliphatic heterocycles. The van der Waals surface area contributed by atoms with Crippen molar-refractivity contribution in [3.05, 3.63) is 29.8 Å². The van der Waals surface area contributed by atoms with Crippen molar-refractivity contribution < 1.29 is 9.59 Å². The maximum absolute atomic E-state index is 11.9. The van der Waals surface area contributed by atoms with E-state index in [0.29, 0.717) is 11.3 Å². The van der Waals surface area contributed by atoms with Crippen molar-refractivity contribution in [1.29, 1.82) is 0 Å². The number of carbonyl (C=O) groups excluding carboxylic acids is 2. The fourth-order valence-corrected chi connectivity index (χ4v) is 2.04. The highest BCUT2D eigenvalue weighted by molar-refractivity contribution is 5.95. The zero-order valence-corrected chi connectivity index (χ0v) is 10.1. The minimum absolute atomic E-state index is 0.0222. The molecule has 1 unspecified atom stereocenters. The number of hydrogen-bond donors (Lipinski definition) is 3. The smallest absolute Gasteiger partial charge is 0.248 e. The van der Waals surface area contributed by atoms with Crippen LogP contribution >= 0.6 is 0 Å². The first-order chi connectivity index (χ1) is 8.66. The Bertz CT molecular complexity index is 436. The highest BCUT2D eigenvalue weighted by atomic mass is 16.2. The highest BCUT2D eigenvalue weighted by Gasteiger charge is 2.20. The van der Waals surface area contributed by atoms with Gasteiger partial charge in [0.25, 0.3) is 0 Å². The molecule has 2 amide bonds. The van der Waals surface area contributed by atoms with Crippen LogP contribution in [0.2, 0.25) is 0 Å². The van der Waals surface area contributed by atoms with E-state index in [-0.39, 0.29) is 11.8 Å². The third-order valence-corrected chi connectivity index (χ3v) is 3.10. The summed E-state index contributed by atoms with van der Waals surface area (Å²) in [5.41, 5.74) is 6.28. The molecule has 18 heavy (non-hydrogen) atoms. The first kappa shape index (κ1) is 12.6. The van der Waals surface area contributed by atoms with Crippen LogP contribution < -0.4 is 16.4 Å². The van der Waals surface area contributed by atoms with Gasteiger partial charge in [-0.05, 0) is 43.7 Å². The van der Waals surface area contributed by atoms with Crippen LogP contribution in [0, 0.1) is 5.92 Å². The van der Waals surface area contributed by atoms with Crippen LogP contribution in [0.5, 0.6) is 0 Å². The van der Waals surface area contributed by atoms with Crippen molar-refractivity contribution in [3.8, 4) is 0 Å². The van der Waals surface area contributed by atoms with Crippen LogP contribution in [0.1, 0.15) is 23.2 Å². The molecule has 0 saturated carbocycles. The van der Waals surface area contributed by atoms with Crippen molar-refractivity contribution in [2.75, 3.05) is 18.4 Å². The second kappa shape index (κ2) is 5.64. The molecule has 0 bridgehead atoms. The average molecular weight is 247 g/mol. The third kappa shape index (κ3) is 3.07. The Kier molecular flexibility index (Phi) is 3.94. The number of piperidine rings is 1. The van der Waals surface area contributed by atoms with Gasteiger partial charge in [0.2, 0.25) is 11.8 Å². The largest absolute Gasteiger partial charge is 0.366 e. The quantitative estimate of drug-likeness (QED) is 0.736. The molecule has 2 rings (SSSR count). The van der Waals surface area contributed by atoms with Crippen molar-refractivity contribution in [2.45, 2.75) is 12.8 Å². The second-order valence-electron chi connectivity index (χ2n) is 4.47. The lowest BCUT2D eigenvalue weighted by Gasteiger charge is -2.21. The van der Waals surface area contributed by atoms with Crippen molar-refractivity contribution in [2.24, 2.45) is 11.7 Å². The second-order valence-corrected chi connectivity index (χ2v) is 4.47. The molecule has 0 aromatic heterocycles. The monoisotopic (exact) mass is 247 g/mol. The zero-order chi connectivity index (χ0) is 13.0. The number of benzene rings is 1. The van der Waals surface area contributed by atoms with Gasteiger partial charge in [0, 0.05) is 17.8 Å². The summed E-state index contributed by atoms with van der Waals surface area (Å²) < 4.78 is 0. The minimum Gasteiger partial charge on any atom is -0.366 e. The molecular formula is C13H17N3O2. The van der Waals surface area contributed by atoms with Gasteiger partial charge in [-0.15, -0.1) is 0 Å². The van der Waals surface area contributed by atoms with Crippen molar-refractivity contribution in [1.82, 2.24) is 5.32 Å². The molecule has 0 radical (unpaired) electrons. The van der Waals surface area contributed by atoms with Gasteiger partial charge < -0.3 is 16.4 Å². The standard InChI is InChI=1S/C13H17N3O2/c14-12(17)9-3-5-11(6-4-9)16-13(18)10-2-1-7-15-8-10/h3-6,10,15H,1-2,7-8H2,(H2,14,17)(H,16,18). The molecule has 4 N–H and O–H groups in total. The summed E-state index contributed by atoms with van der Waals surface area (Å²) in [6.45, 7) is 1.71. The normalized spacial score (nSPS) is 19.2. The summed E-state index contributed by atoms with van der Waals surface area (Å²) in [7, 11) is 0. The predicted octanol–water partition coefficient (Wildman–Crippen LogP) is 0.724. The van der Waals surface area contributed by atoms with E-state index >= 15 is 0 Å². The van der Waals surface area contributed by atoms with Crippen LogP contribution in [0.15, 0.2) is 24.3 Å². The Balaban J connectivity index is 1.96. The first-order valence-electron chi connectivity index (χ1n) is 6.08. The Morgan fingerprint density at radius 2 is 2.00 bits per heavy atom. The van der Waals surface area contributed by atoms with Crippen LogP contribution in [-0.4, -0.2) is 24.9 Å². The van der Waals surface area contributed by atoms with E-state index in [9.17, 15) is 9.59 Å². The van der Waals surface area contributed by atoms with Crippen LogP contribution in [-0.2, 0) is 4.79 Å². The van der Waals surface area contributed by atoms with E-state index in [1.807, 2.05) is 0 Å². The van der Waals surface area contributed by atoms with Gasteiger partial charge in [-0.25, -0.2) is 0 Å². The number of carbonyl (C=O) groups is 2. The Morgan fingerprint density at radius 1 is 1.28 bits per heavy atom. The van der Waals surface area contributed by atoms with E-state index < -0.39 is 5.91 Å². The summed E-state index contributed by atoms with van der Waals surface area (Å²) in [5, 5.41) is 6.05. The fourth-order valence-electron chi connectivity index (χ4n) is 2.04. The van der Waals surface area contributed by atoms with Gasteiger partial charge in [-0.1, -0.05) is 0 Å². The van der Waals surface area contributed by atoms with E-state index in [2.05, 4.69) is 10.6 Å². The van der Waals surface area contributed by atoms with E-state index in [1.165, 1.54) is 0 Å². The number of nitrogens with two attached hydrogens (primary N) is 1. The molecule has 1 aromatic rings. The number of primary amides is 1. The Morgan fingerprint density at radius 3 is 2.56 bits per heavy atom. The third-order valence-electron chi connectivity index (χ3n) is 3.10. The molecule has 1 aromatic carbocycles. The first-order valence-corrected chi connectivity index (χ1v) is 6.08. The summed E-state index contributed by atoms with van der Waals surface area (Å²) in [5.74, 6) is -0.423. The molecule has 5 nitrogen and oxygen atoms in total. The lowest BCUT2D eigenvalue weighted by Crippen LogP contribution is -2.37. The summed E-state index contributed by atoms with van der Waals surface area (Å²) in [6, 6.07) is 6.59. The number of nitrogens with one attached hydrogen (secondary N) is 2. The van der Waals surface area contributed by atoms with E-state index in [4.69, 9.17) is 5.73 Å². The number of hydrogen-bond acceptors (Lipinski definition) is 3. The van der Waals surface area contributed by atoms with Gasteiger partial charge in [0.1, 0.15) is 0 Å². The number of anilines is 1. The Labute approximate surface area is 106 Å². The number of rotatable bonds is 3. The fraction of sp³-hybridized carbons (Fsp3) is 0.385. The highest BCUT2D eigenvalue weighted by Crippen LogP contribution is 2.14. The average Bonchev–Trinajstić information content (AvgIpc) is 2.40. The zero-order valence-electron chi connectivity index (χ0n) is 10.1. The van der Waals surface area contributed by atoms with Crippen molar-refractivity contribution >= 4 is 17.5 Å². The summed E-state index contributed by atoms with van der Waals surface area (Å²) >= 11 is 0. The molecule has 5 heteroatoms. The molecule has 1 atom stereocenters. The molecule has 1 aliphatic rings. The topological polar surface area (TPSA) is 84.2 Å². The SMILES string of the molecule is NC(=O)c1ccc(NC(=O)C2CCCNC2)cc1. The van der Waals surface area contributed by atoms with Crippen LogP contribution in [0.3, 0.4) is 0 Å². The minimum atomic E-state index is -0.468. The molecule has 0 spiro atoms. The van der Waals surface area contributed by atoms with Gasteiger partial charge in [0.05, 0.1) is 5.92 Å².